The molecule has 1 rings (SSSR count). The molecule has 2 N–H and O–H groups in total. The minimum absolute atomic E-state index is 0.149. The van der Waals surface area contributed by atoms with Crippen molar-refractivity contribution in [2.75, 3.05) is 19.6 Å². The molecule has 0 atom stereocenters. The first-order valence-corrected chi connectivity index (χ1v) is 7.50. The van der Waals surface area contributed by atoms with Gasteiger partial charge in [-0.2, -0.15) is 17.5 Å². The molecular weight excluding hydrogens is 293 g/mol. The number of halogens is 3. The second-order valence-corrected chi connectivity index (χ2v) is 6.17. The van der Waals surface area contributed by atoms with E-state index in [2.05, 4.69) is 0 Å². The van der Waals surface area contributed by atoms with Gasteiger partial charge in [0.25, 0.3) is 0 Å². The number of alkyl halides is 3. The van der Waals surface area contributed by atoms with Gasteiger partial charge in [0.15, 0.2) is 0 Å². The van der Waals surface area contributed by atoms with Crippen molar-refractivity contribution in [1.82, 2.24) is 4.31 Å². The second-order valence-electron chi connectivity index (χ2n) is 4.23. The van der Waals surface area contributed by atoms with E-state index in [1.165, 1.54) is 19.1 Å². The smallest absolute Gasteiger partial charge is 0.330 e. The van der Waals surface area contributed by atoms with Crippen molar-refractivity contribution in [2.24, 2.45) is 5.73 Å². The number of nitrogens with two attached hydrogens (primary N) is 1. The molecule has 0 radical (unpaired) electrons. The minimum atomic E-state index is -4.57. The van der Waals surface area contributed by atoms with Crippen LogP contribution in [0.4, 0.5) is 13.2 Å². The maximum atomic E-state index is 12.4. The van der Waals surface area contributed by atoms with E-state index in [9.17, 15) is 21.6 Å². The lowest BCUT2D eigenvalue weighted by Crippen LogP contribution is -2.38. The highest BCUT2D eigenvalue weighted by Crippen LogP contribution is 2.22. The van der Waals surface area contributed by atoms with Crippen molar-refractivity contribution < 1.29 is 21.6 Å². The molecule has 0 heterocycles. The largest absolute Gasteiger partial charge is 0.402 e. The molecule has 0 amide bonds. The molecule has 20 heavy (non-hydrogen) atoms. The first-order chi connectivity index (χ1) is 9.20. The Balaban J connectivity index is 3.01. The van der Waals surface area contributed by atoms with Crippen molar-refractivity contribution in [3.05, 3.63) is 29.8 Å². The monoisotopic (exact) mass is 310 g/mol. The van der Waals surface area contributed by atoms with Gasteiger partial charge in [-0.3, -0.25) is 0 Å². The highest BCUT2D eigenvalue weighted by Gasteiger charge is 2.36. The molecule has 0 saturated heterocycles. The Morgan fingerprint density at radius 2 is 1.75 bits per heavy atom. The van der Waals surface area contributed by atoms with Crippen molar-refractivity contribution in [3.63, 3.8) is 0 Å². The molecule has 1 aromatic rings. The van der Waals surface area contributed by atoms with Gasteiger partial charge in [0, 0.05) is 6.54 Å². The third-order valence-corrected chi connectivity index (χ3v) is 4.64. The maximum absolute atomic E-state index is 12.4. The Hall–Kier alpha value is -1.12. The van der Waals surface area contributed by atoms with Gasteiger partial charge in [-0.25, -0.2) is 8.42 Å². The van der Waals surface area contributed by atoms with Gasteiger partial charge in [0.1, 0.15) is 6.54 Å². The number of rotatable bonds is 6. The molecule has 0 aliphatic rings. The number of sulfonamides is 1. The summed E-state index contributed by atoms with van der Waals surface area (Å²) in [5.74, 6) is 0. The van der Waals surface area contributed by atoms with Crippen LogP contribution >= 0.6 is 0 Å². The predicted molar refractivity (Wildman–Crippen MR) is 69.7 cm³/mol. The highest BCUT2D eigenvalue weighted by molar-refractivity contribution is 7.89. The summed E-state index contributed by atoms with van der Waals surface area (Å²) in [7, 11) is -4.13. The molecule has 0 saturated carbocycles. The summed E-state index contributed by atoms with van der Waals surface area (Å²) in [4.78, 5) is -0.149. The van der Waals surface area contributed by atoms with Crippen LogP contribution in [-0.4, -0.2) is 38.5 Å². The summed E-state index contributed by atoms with van der Waals surface area (Å²) in [6, 6.07) is 5.72. The summed E-state index contributed by atoms with van der Waals surface area (Å²) < 4.78 is 61.8. The average Bonchev–Trinajstić information content (AvgIpc) is 2.36. The van der Waals surface area contributed by atoms with E-state index in [1.807, 2.05) is 0 Å². The molecule has 0 unspecified atom stereocenters. The molecular formula is C12H17F3N2O2S. The van der Waals surface area contributed by atoms with Crippen LogP contribution in [0.1, 0.15) is 12.5 Å². The average molecular weight is 310 g/mol. The maximum Gasteiger partial charge on any atom is 0.402 e. The van der Waals surface area contributed by atoms with Crippen LogP contribution in [0.3, 0.4) is 0 Å². The van der Waals surface area contributed by atoms with Gasteiger partial charge in [-0.1, -0.05) is 19.1 Å². The van der Waals surface area contributed by atoms with E-state index >= 15 is 0 Å². The van der Waals surface area contributed by atoms with Gasteiger partial charge in [0.2, 0.25) is 10.0 Å². The van der Waals surface area contributed by atoms with Crippen LogP contribution in [0.5, 0.6) is 0 Å². The van der Waals surface area contributed by atoms with E-state index in [0.29, 0.717) is 17.3 Å². The van der Waals surface area contributed by atoms with E-state index in [-0.39, 0.29) is 11.4 Å². The van der Waals surface area contributed by atoms with Crippen LogP contribution in [0, 0.1) is 0 Å². The van der Waals surface area contributed by atoms with Crippen molar-refractivity contribution >= 4 is 10.0 Å². The molecule has 0 bridgehead atoms. The normalized spacial score (nSPS) is 12.9. The van der Waals surface area contributed by atoms with Crippen molar-refractivity contribution in [2.45, 2.75) is 24.4 Å². The number of hydrogen-bond donors (Lipinski definition) is 1. The van der Waals surface area contributed by atoms with Crippen LogP contribution in [0.25, 0.3) is 0 Å². The lowest BCUT2D eigenvalue weighted by molar-refractivity contribution is -0.135. The molecule has 0 fully saturated rings. The van der Waals surface area contributed by atoms with Crippen LogP contribution < -0.4 is 5.73 Å². The zero-order valence-corrected chi connectivity index (χ0v) is 11.8. The van der Waals surface area contributed by atoms with E-state index in [4.69, 9.17) is 5.73 Å². The van der Waals surface area contributed by atoms with Crippen LogP contribution in [0.15, 0.2) is 29.2 Å². The van der Waals surface area contributed by atoms with Gasteiger partial charge < -0.3 is 5.73 Å². The summed E-state index contributed by atoms with van der Waals surface area (Å²) >= 11 is 0. The van der Waals surface area contributed by atoms with Crippen molar-refractivity contribution in [1.29, 1.82) is 0 Å². The summed E-state index contributed by atoms with van der Waals surface area (Å²) in [5.41, 5.74) is 6.21. The topological polar surface area (TPSA) is 63.4 Å². The van der Waals surface area contributed by atoms with E-state index in [1.54, 1.807) is 12.1 Å². The summed E-state index contributed by atoms with van der Waals surface area (Å²) in [6.07, 6.45) is -3.98. The molecule has 0 spiro atoms. The quantitative estimate of drug-likeness (QED) is 0.871. The zero-order chi connectivity index (χ0) is 15.4. The third-order valence-electron chi connectivity index (χ3n) is 2.70. The minimum Gasteiger partial charge on any atom is -0.330 e. The first kappa shape index (κ1) is 16.9. The fourth-order valence-electron chi connectivity index (χ4n) is 1.71. The molecule has 4 nitrogen and oxygen atoms in total. The Labute approximate surface area is 116 Å². The van der Waals surface area contributed by atoms with Gasteiger partial charge in [0.05, 0.1) is 4.90 Å². The SMILES string of the molecule is CCN(CC(F)(F)F)S(=O)(=O)c1ccc(CCN)cc1. The zero-order valence-electron chi connectivity index (χ0n) is 11.0. The summed E-state index contributed by atoms with van der Waals surface area (Å²) in [6.45, 7) is 0.0517. The molecule has 1 aromatic carbocycles. The predicted octanol–water partition coefficient (Wildman–Crippen LogP) is 1.76. The second kappa shape index (κ2) is 6.55. The van der Waals surface area contributed by atoms with Gasteiger partial charge in [-0.05, 0) is 30.7 Å². The fraction of sp³-hybridized carbons (Fsp3) is 0.500. The number of benzene rings is 1. The number of nitrogens with zero attached hydrogens (tertiary/aromatic N) is 1. The van der Waals surface area contributed by atoms with Gasteiger partial charge in [-0.15, -0.1) is 0 Å². The van der Waals surface area contributed by atoms with E-state index < -0.39 is 22.7 Å². The third kappa shape index (κ3) is 4.46. The lowest BCUT2D eigenvalue weighted by atomic mass is 10.2. The number of hydrogen-bond acceptors (Lipinski definition) is 3. The fourth-order valence-corrected chi connectivity index (χ4v) is 3.14. The molecule has 0 aromatic heterocycles. The van der Waals surface area contributed by atoms with Crippen LogP contribution in [0.2, 0.25) is 0 Å². The standard InChI is InChI=1S/C12H17F3N2O2S/c1-2-17(9-12(13,14)15)20(18,19)11-5-3-10(4-6-11)7-8-16/h3-6H,2,7-9,16H2,1H3. The van der Waals surface area contributed by atoms with Gasteiger partial charge >= 0.3 is 6.18 Å². The first-order valence-electron chi connectivity index (χ1n) is 6.06. The molecule has 8 heteroatoms. The van der Waals surface area contributed by atoms with Crippen LogP contribution in [-0.2, 0) is 16.4 Å². The van der Waals surface area contributed by atoms with E-state index in [0.717, 1.165) is 5.56 Å². The Kier molecular flexibility index (Phi) is 5.55. The Bertz CT molecular complexity index is 527. The molecule has 0 aliphatic carbocycles. The van der Waals surface area contributed by atoms with Crippen molar-refractivity contribution in [3.8, 4) is 0 Å². The summed E-state index contributed by atoms with van der Waals surface area (Å²) in [5, 5.41) is 0. The lowest BCUT2D eigenvalue weighted by Gasteiger charge is -2.21. The molecule has 0 aliphatic heterocycles. The Morgan fingerprint density at radius 1 is 1.20 bits per heavy atom. The highest BCUT2D eigenvalue weighted by atomic mass is 32.2. The molecule has 114 valence electrons. The Morgan fingerprint density at radius 3 is 2.15 bits per heavy atom.